The first kappa shape index (κ1) is 16.1. The van der Waals surface area contributed by atoms with Crippen molar-refractivity contribution >= 4 is 11.6 Å². The van der Waals surface area contributed by atoms with E-state index >= 15 is 0 Å². The second-order valence-electron chi connectivity index (χ2n) is 5.85. The zero-order valence-corrected chi connectivity index (χ0v) is 13.6. The monoisotopic (exact) mass is 326 g/mol. The molecule has 124 valence electrons. The fourth-order valence-corrected chi connectivity index (χ4v) is 2.99. The SMILES string of the molecule is Cc1nc2ccccn2c1CN(C)[C@@H](C(N)=O)c1cccc(F)c1. The summed E-state index contributed by atoms with van der Waals surface area (Å²) < 4.78 is 15.5. The number of carbonyl (C=O) groups is 1. The van der Waals surface area contributed by atoms with Crippen LogP contribution < -0.4 is 5.73 Å². The topological polar surface area (TPSA) is 63.6 Å². The van der Waals surface area contributed by atoms with Crippen LogP contribution in [-0.2, 0) is 11.3 Å². The molecule has 1 aromatic carbocycles. The first-order valence-corrected chi connectivity index (χ1v) is 7.65. The van der Waals surface area contributed by atoms with Gasteiger partial charge in [0.25, 0.3) is 0 Å². The van der Waals surface area contributed by atoms with Crippen LogP contribution in [-0.4, -0.2) is 27.2 Å². The lowest BCUT2D eigenvalue weighted by Crippen LogP contribution is -2.35. The largest absolute Gasteiger partial charge is 0.368 e. The van der Waals surface area contributed by atoms with Crippen molar-refractivity contribution in [3.05, 3.63) is 71.4 Å². The molecule has 0 saturated heterocycles. The van der Waals surface area contributed by atoms with Crippen molar-refractivity contribution in [2.24, 2.45) is 5.73 Å². The molecular weight excluding hydrogens is 307 g/mol. The van der Waals surface area contributed by atoms with E-state index in [0.717, 1.165) is 17.0 Å². The van der Waals surface area contributed by atoms with Gasteiger partial charge in [-0.05, 0) is 43.8 Å². The molecule has 3 aromatic rings. The Labute approximate surface area is 139 Å². The molecule has 1 amide bonds. The Hall–Kier alpha value is -2.73. The highest BCUT2D eigenvalue weighted by Crippen LogP contribution is 2.23. The molecule has 0 spiro atoms. The average Bonchev–Trinajstić information content (AvgIpc) is 2.83. The van der Waals surface area contributed by atoms with Gasteiger partial charge < -0.3 is 10.1 Å². The van der Waals surface area contributed by atoms with E-state index in [2.05, 4.69) is 4.98 Å². The maximum atomic E-state index is 13.5. The number of benzene rings is 1. The van der Waals surface area contributed by atoms with Gasteiger partial charge in [0.2, 0.25) is 5.91 Å². The summed E-state index contributed by atoms with van der Waals surface area (Å²) in [4.78, 5) is 18.3. The average molecular weight is 326 g/mol. The maximum Gasteiger partial charge on any atom is 0.239 e. The summed E-state index contributed by atoms with van der Waals surface area (Å²) in [5, 5.41) is 0. The molecule has 0 saturated carbocycles. The van der Waals surface area contributed by atoms with Crippen molar-refractivity contribution in [1.82, 2.24) is 14.3 Å². The number of pyridine rings is 1. The predicted octanol–water partition coefficient (Wildman–Crippen LogP) is 2.44. The number of hydrogen-bond donors (Lipinski definition) is 1. The van der Waals surface area contributed by atoms with Gasteiger partial charge in [-0.2, -0.15) is 0 Å². The fourth-order valence-electron chi connectivity index (χ4n) is 2.99. The third-order valence-electron chi connectivity index (χ3n) is 4.10. The Morgan fingerprint density at radius 2 is 2.12 bits per heavy atom. The second-order valence-corrected chi connectivity index (χ2v) is 5.85. The van der Waals surface area contributed by atoms with Crippen LogP contribution in [0.25, 0.3) is 5.65 Å². The molecule has 0 aliphatic rings. The third kappa shape index (κ3) is 3.00. The normalized spacial score (nSPS) is 12.7. The minimum Gasteiger partial charge on any atom is -0.368 e. The van der Waals surface area contributed by atoms with E-state index in [1.165, 1.54) is 12.1 Å². The summed E-state index contributed by atoms with van der Waals surface area (Å²) in [6, 6.07) is 11.0. The maximum absolute atomic E-state index is 13.5. The number of likely N-dealkylation sites (N-methyl/N-ethyl adjacent to an activating group) is 1. The van der Waals surface area contributed by atoms with Gasteiger partial charge in [0.15, 0.2) is 0 Å². The molecule has 0 radical (unpaired) electrons. The summed E-state index contributed by atoms with van der Waals surface area (Å²) in [5.41, 5.74) is 8.81. The van der Waals surface area contributed by atoms with Gasteiger partial charge >= 0.3 is 0 Å². The minimum absolute atomic E-state index is 0.391. The van der Waals surface area contributed by atoms with Gasteiger partial charge in [0, 0.05) is 12.7 Å². The summed E-state index contributed by atoms with van der Waals surface area (Å²) in [6.45, 7) is 2.39. The van der Waals surface area contributed by atoms with Gasteiger partial charge in [0.1, 0.15) is 17.5 Å². The van der Waals surface area contributed by atoms with Gasteiger partial charge in [-0.1, -0.05) is 18.2 Å². The van der Waals surface area contributed by atoms with E-state index in [9.17, 15) is 9.18 Å². The van der Waals surface area contributed by atoms with Crippen molar-refractivity contribution in [2.75, 3.05) is 7.05 Å². The number of fused-ring (bicyclic) bond motifs is 1. The number of carbonyl (C=O) groups excluding carboxylic acids is 1. The van der Waals surface area contributed by atoms with Crippen LogP contribution in [0.15, 0.2) is 48.7 Å². The van der Waals surface area contributed by atoms with E-state index < -0.39 is 17.8 Å². The number of amides is 1. The molecule has 2 heterocycles. The minimum atomic E-state index is -0.714. The van der Waals surface area contributed by atoms with E-state index in [0.29, 0.717) is 12.1 Å². The molecule has 2 N–H and O–H groups in total. The summed E-state index contributed by atoms with van der Waals surface area (Å²) in [5.74, 6) is -0.910. The van der Waals surface area contributed by atoms with E-state index in [1.54, 1.807) is 24.1 Å². The number of aromatic nitrogens is 2. The molecule has 3 rings (SSSR count). The zero-order chi connectivity index (χ0) is 17.3. The van der Waals surface area contributed by atoms with Crippen molar-refractivity contribution in [2.45, 2.75) is 19.5 Å². The molecule has 0 bridgehead atoms. The number of imidazole rings is 1. The first-order chi connectivity index (χ1) is 11.5. The van der Waals surface area contributed by atoms with Gasteiger partial charge in [-0.15, -0.1) is 0 Å². The van der Waals surface area contributed by atoms with E-state index in [-0.39, 0.29) is 0 Å². The van der Waals surface area contributed by atoms with E-state index in [4.69, 9.17) is 5.73 Å². The molecule has 2 aromatic heterocycles. The molecular formula is C18H19FN4O. The van der Waals surface area contributed by atoms with Crippen LogP contribution in [0.4, 0.5) is 4.39 Å². The first-order valence-electron chi connectivity index (χ1n) is 7.65. The number of primary amides is 1. The van der Waals surface area contributed by atoms with Gasteiger partial charge in [0.05, 0.1) is 11.4 Å². The van der Waals surface area contributed by atoms with Crippen LogP contribution in [0.2, 0.25) is 0 Å². The number of nitrogens with two attached hydrogens (primary N) is 1. The molecule has 0 aliphatic carbocycles. The highest BCUT2D eigenvalue weighted by Gasteiger charge is 2.25. The lowest BCUT2D eigenvalue weighted by atomic mass is 10.0. The Balaban J connectivity index is 1.95. The molecule has 1 atom stereocenters. The predicted molar refractivity (Wildman–Crippen MR) is 89.7 cm³/mol. The highest BCUT2D eigenvalue weighted by molar-refractivity contribution is 5.81. The Bertz CT molecular complexity index is 890. The van der Waals surface area contributed by atoms with Crippen LogP contribution in [0.1, 0.15) is 23.0 Å². The van der Waals surface area contributed by atoms with Crippen LogP contribution >= 0.6 is 0 Å². The van der Waals surface area contributed by atoms with Crippen LogP contribution in [0.5, 0.6) is 0 Å². The molecule has 0 aliphatic heterocycles. The standard InChI is InChI=1S/C18H19FN4O/c1-12-15(23-9-4-3-8-16(23)21-12)11-22(2)17(18(20)24)13-6-5-7-14(19)10-13/h3-10,17H,11H2,1-2H3,(H2,20,24)/t17-/m1/s1. The van der Waals surface area contributed by atoms with Crippen LogP contribution in [0, 0.1) is 12.7 Å². The summed E-state index contributed by atoms with van der Waals surface area (Å²) in [7, 11) is 1.79. The second kappa shape index (κ2) is 6.41. The Kier molecular flexibility index (Phi) is 4.31. The summed E-state index contributed by atoms with van der Waals surface area (Å²) >= 11 is 0. The van der Waals surface area contributed by atoms with Gasteiger partial charge in [-0.25, -0.2) is 9.37 Å². The lowest BCUT2D eigenvalue weighted by Gasteiger charge is -2.26. The number of hydrogen-bond acceptors (Lipinski definition) is 3. The number of halogens is 1. The summed E-state index contributed by atoms with van der Waals surface area (Å²) in [6.07, 6.45) is 1.93. The van der Waals surface area contributed by atoms with Crippen molar-refractivity contribution in [3.63, 3.8) is 0 Å². The third-order valence-corrected chi connectivity index (χ3v) is 4.10. The quantitative estimate of drug-likeness (QED) is 0.783. The smallest absolute Gasteiger partial charge is 0.239 e. The molecule has 0 unspecified atom stereocenters. The van der Waals surface area contributed by atoms with Crippen molar-refractivity contribution < 1.29 is 9.18 Å². The number of rotatable bonds is 5. The number of aryl methyl sites for hydroxylation is 1. The molecule has 5 nitrogen and oxygen atoms in total. The lowest BCUT2D eigenvalue weighted by molar-refractivity contribution is -0.123. The van der Waals surface area contributed by atoms with Crippen molar-refractivity contribution in [3.8, 4) is 0 Å². The number of nitrogens with zero attached hydrogens (tertiary/aromatic N) is 3. The fraction of sp³-hybridized carbons (Fsp3) is 0.222. The molecule has 24 heavy (non-hydrogen) atoms. The Morgan fingerprint density at radius 3 is 2.83 bits per heavy atom. The molecule has 6 heteroatoms. The zero-order valence-electron chi connectivity index (χ0n) is 13.6. The molecule has 0 fully saturated rings. The highest BCUT2D eigenvalue weighted by atomic mass is 19.1. The van der Waals surface area contributed by atoms with Crippen LogP contribution in [0.3, 0.4) is 0 Å². The Morgan fingerprint density at radius 1 is 1.33 bits per heavy atom. The van der Waals surface area contributed by atoms with Gasteiger partial charge in [-0.3, -0.25) is 9.69 Å². The van der Waals surface area contributed by atoms with E-state index in [1.807, 2.05) is 35.7 Å². The van der Waals surface area contributed by atoms with Crippen molar-refractivity contribution in [1.29, 1.82) is 0 Å².